The number of aromatic amines is 1. The fourth-order valence-electron chi connectivity index (χ4n) is 7.37. The molecule has 1 aromatic heterocycles. The highest BCUT2D eigenvalue weighted by Crippen LogP contribution is 2.43. The Morgan fingerprint density at radius 1 is 1.16 bits per heavy atom. The van der Waals surface area contributed by atoms with Crippen molar-refractivity contribution in [1.29, 1.82) is 0 Å². The first kappa shape index (κ1) is 36.7. The van der Waals surface area contributed by atoms with Gasteiger partial charge in [0.15, 0.2) is 6.29 Å². The number of anilines is 1. The van der Waals surface area contributed by atoms with E-state index in [4.69, 9.17) is 15.5 Å². The number of carbonyl (C=O) groups excluding carboxylic acids is 5. The molecule has 2 atom stereocenters. The summed E-state index contributed by atoms with van der Waals surface area (Å²) in [6, 6.07) is 9.61. The normalized spacial score (nSPS) is 20.2. The number of benzene rings is 2. The van der Waals surface area contributed by atoms with Crippen LogP contribution in [0.5, 0.6) is 0 Å². The van der Waals surface area contributed by atoms with Crippen molar-refractivity contribution >= 4 is 46.6 Å². The summed E-state index contributed by atoms with van der Waals surface area (Å²) in [5, 5.41) is 5.60. The molecule has 13 heteroatoms. The number of rotatable bonds is 14. The van der Waals surface area contributed by atoms with Crippen LogP contribution in [0, 0.1) is 0 Å². The largest absolute Gasteiger partial charge is 0.384 e. The Morgan fingerprint density at radius 3 is 2.60 bits per heavy atom. The molecule has 2 aromatic carbocycles. The number of fused-ring (bicyclic) bond motifs is 1. The minimum atomic E-state index is -0.809. The Labute approximate surface area is 292 Å². The molecule has 0 radical (unpaired) electrons. The van der Waals surface area contributed by atoms with Crippen LogP contribution in [0.25, 0.3) is 11.0 Å². The number of aldehydes is 1. The highest BCUT2D eigenvalue weighted by Gasteiger charge is 2.47. The molecular weight excluding hydrogens is 638 g/mol. The number of hydrogen-bond donors (Lipinski definition) is 4. The van der Waals surface area contributed by atoms with Crippen molar-refractivity contribution in [3.05, 3.63) is 58.9 Å². The van der Waals surface area contributed by atoms with Crippen LogP contribution in [0.15, 0.2) is 36.4 Å². The second-order valence-corrected chi connectivity index (χ2v) is 14.8. The zero-order valence-corrected chi connectivity index (χ0v) is 29.9. The third-order valence-corrected chi connectivity index (χ3v) is 10.3. The van der Waals surface area contributed by atoms with Crippen LogP contribution in [0.1, 0.15) is 110 Å². The number of primary amides is 1. The van der Waals surface area contributed by atoms with E-state index >= 15 is 0 Å². The number of piperidine rings is 1. The zero-order valence-electron chi connectivity index (χ0n) is 29.9. The minimum absolute atomic E-state index is 0.137. The van der Waals surface area contributed by atoms with Crippen molar-refractivity contribution < 1.29 is 28.7 Å². The number of carbonyl (C=O) groups is 5. The number of hydrogen-bond acceptors (Lipinski definition) is 9. The van der Waals surface area contributed by atoms with Crippen molar-refractivity contribution in [2.45, 2.75) is 95.9 Å². The third kappa shape index (κ3) is 7.43. The van der Waals surface area contributed by atoms with E-state index in [0.29, 0.717) is 42.6 Å². The molecule has 50 heavy (non-hydrogen) atoms. The number of likely N-dealkylation sites (N-methyl/N-ethyl adjacent to an activating group) is 1. The Balaban J connectivity index is 1.20. The van der Waals surface area contributed by atoms with Crippen molar-refractivity contribution in [2.75, 3.05) is 32.1 Å². The number of aromatic nitrogens is 2. The second kappa shape index (κ2) is 14.3. The molecule has 2 saturated heterocycles. The van der Waals surface area contributed by atoms with E-state index in [0.717, 1.165) is 37.1 Å². The standard InChI is InChI=1S/C37H49N7O6/c1-35(2,44-20-9-16-37(44,5)34-40-26-13-8-11-24(31(38)47)30(26)42-34)18-21-50-36(3,4)17-19-39-25-12-7-10-23(22-45)29(25)33(49)43(6)27-14-15-28(46)41-32(27)48/h7-8,10-13,22,27,39H,9,14-21H2,1-6H3,(H2,38,47)(H,40,42)(H,41,46,48)/t27?,37-/m1/s1. The number of likely N-dealkylation sites (tertiary alicyclic amines) is 1. The predicted octanol–water partition coefficient (Wildman–Crippen LogP) is 4.13. The van der Waals surface area contributed by atoms with Gasteiger partial charge in [-0.15, -0.1) is 0 Å². The lowest BCUT2D eigenvalue weighted by Crippen LogP contribution is -2.53. The van der Waals surface area contributed by atoms with E-state index in [1.54, 1.807) is 30.3 Å². The molecule has 13 nitrogen and oxygen atoms in total. The van der Waals surface area contributed by atoms with Crippen molar-refractivity contribution in [1.82, 2.24) is 25.1 Å². The molecule has 268 valence electrons. The smallest absolute Gasteiger partial charge is 0.257 e. The van der Waals surface area contributed by atoms with Crippen LogP contribution >= 0.6 is 0 Å². The summed E-state index contributed by atoms with van der Waals surface area (Å²) in [5.74, 6) is -1.06. The topological polar surface area (TPSA) is 180 Å². The molecule has 3 aromatic rings. The first-order chi connectivity index (χ1) is 23.6. The minimum Gasteiger partial charge on any atom is -0.384 e. The third-order valence-electron chi connectivity index (χ3n) is 10.3. The van der Waals surface area contributed by atoms with Gasteiger partial charge in [0, 0.05) is 43.4 Å². The molecule has 2 aliphatic heterocycles. The van der Waals surface area contributed by atoms with Crippen LogP contribution in [0.4, 0.5) is 5.69 Å². The van der Waals surface area contributed by atoms with E-state index in [9.17, 15) is 24.0 Å². The van der Waals surface area contributed by atoms with Crippen LogP contribution in [-0.4, -0.2) is 93.6 Å². The lowest BCUT2D eigenvalue weighted by atomic mass is 9.90. The molecular formula is C37H49N7O6. The van der Waals surface area contributed by atoms with E-state index in [1.165, 1.54) is 11.9 Å². The first-order valence-corrected chi connectivity index (χ1v) is 17.2. The SMILES string of the molecule is CN(C(=O)c1c(C=O)cccc1NCCC(C)(C)OCCC(C)(C)N1CCC[C@]1(C)c1nc2c(C(N)=O)cccc2[nH]1)C1CCC(=O)NC1=O. The summed E-state index contributed by atoms with van der Waals surface area (Å²) in [5.41, 5.74) is 7.18. The molecule has 4 amide bonds. The number of nitrogens with one attached hydrogen (secondary N) is 3. The van der Waals surface area contributed by atoms with Crippen LogP contribution in [0.2, 0.25) is 0 Å². The number of imidazole rings is 1. The summed E-state index contributed by atoms with van der Waals surface area (Å²) < 4.78 is 6.44. The number of imide groups is 1. The van der Waals surface area contributed by atoms with Crippen molar-refractivity contribution in [3.8, 4) is 0 Å². The highest BCUT2D eigenvalue weighted by atomic mass is 16.5. The zero-order chi connectivity index (χ0) is 36.4. The van der Waals surface area contributed by atoms with E-state index in [-0.39, 0.29) is 41.0 Å². The van der Waals surface area contributed by atoms with Gasteiger partial charge in [-0.05, 0) is 91.5 Å². The molecule has 2 fully saturated rings. The summed E-state index contributed by atoms with van der Waals surface area (Å²) >= 11 is 0. The molecule has 1 unspecified atom stereocenters. The molecule has 3 heterocycles. The molecule has 5 N–H and O–H groups in total. The molecule has 5 rings (SSSR count). The quantitative estimate of drug-likeness (QED) is 0.143. The Hall–Kier alpha value is -4.62. The summed E-state index contributed by atoms with van der Waals surface area (Å²) in [4.78, 5) is 73.8. The van der Waals surface area contributed by atoms with Crippen LogP contribution in [0.3, 0.4) is 0 Å². The van der Waals surface area contributed by atoms with Gasteiger partial charge < -0.3 is 25.7 Å². The monoisotopic (exact) mass is 687 g/mol. The molecule has 2 aliphatic rings. The number of nitrogens with zero attached hydrogens (tertiary/aromatic N) is 3. The van der Waals surface area contributed by atoms with Gasteiger partial charge in [0.1, 0.15) is 17.4 Å². The van der Waals surface area contributed by atoms with Gasteiger partial charge in [-0.2, -0.15) is 0 Å². The Bertz CT molecular complexity index is 1800. The molecule has 0 aliphatic carbocycles. The number of amides is 4. The number of para-hydroxylation sites is 1. The molecule has 0 saturated carbocycles. The predicted molar refractivity (Wildman–Crippen MR) is 190 cm³/mol. The van der Waals surface area contributed by atoms with Crippen molar-refractivity contribution in [2.24, 2.45) is 5.73 Å². The molecule has 0 spiro atoms. The average molecular weight is 688 g/mol. The van der Waals surface area contributed by atoms with Gasteiger partial charge in [-0.3, -0.25) is 34.2 Å². The summed E-state index contributed by atoms with van der Waals surface area (Å²) in [6.45, 7) is 12.6. The lowest BCUT2D eigenvalue weighted by Gasteiger charge is -2.45. The van der Waals surface area contributed by atoms with Crippen LogP contribution in [-0.2, 0) is 19.9 Å². The van der Waals surface area contributed by atoms with E-state index in [2.05, 4.69) is 41.3 Å². The second-order valence-electron chi connectivity index (χ2n) is 14.8. The highest BCUT2D eigenvalue weighted by molar-refractivity contribution is 6.09. The maximum Gasteiger partial charge on any atom is 0.257 e. The number of ether oxygens (including phenoxy) is 1. The van der Waals surface area contributed by atoms with Gasteiger partial charge in [-0.25, -0.2) is 4.98 Å². The van der Waals surface area contributed by atoms with Gasteiger partial charge in [-0.1, -0.05) is 18.2 Å². The lowest BCUT2D eigenvalue weighted by molar-refractivity contribution is -0.136. The van der Waals surface area contributed by atoms with Gasteiger partial charge in [0.05, 0.1) is 27.8 Å². The molecule has 0 bridgehead atoms. The summed E-state index contributed by atoms with van der Waals surface area (Å²) in [7, 11) is 1.51. The van der Waals surface area contributed by atoms with Crippen molar-refractivity contribution in [3.63, 3.8) is 0 Å². The van der Waals surface area contributed by atoms with Crippen LogP contribution < -0.4 is 16.4 Å². The summed E-state index contributed by atoms with van der Waals surface area (Å²) in [6.07, 6.45) is 4.28. The maximum atomic E-state index is 13.6. The average Bonchev–Trinajstić information content (AvgIpc) is 3.69. The first-order valence-electron chi connectivity index (χ1n) is 17.2. The number of nitrogens with two attached hydrogens (primary N) is 1. The number of H-pyrrole nitrogens is 1. The van der Waals surface area contributed by atoms with Gasteiger partial charge in [0.25, 0.3) is 11.8 Å². The Kier molecular flexibility index (Phi) is 10.5. The fourth-order valence-corrected chi connectivity index (χ4v) is 7.37. The van der Waals surface area contributed by atoms with E-state index in [1.807, 2.05) is 19.9 Å². The maximum absolute atomic E-state index is 13.6. The van der Waals surface area contributed by atoms with Gasteiger partial charge in [0.2, 0.25) is 11.8 Å². The van der Waals surface area contributed by atoms with Gasteiger partial charge >= 0.3 is 0 Å². The van der Waals surface area contributed by atoms with E-state index < -0.39 is 29.4 Å². The Morgan fingerprint density at radius 2 is 1.90 bits per heavy atom. The fraction of sp³-hybridized carbons (Fsp3) is 0.514.